The molecule has 0 aliphatic carbocycles. The van der Waals surface area contributed by atoms with Crippen LogP contribution < -0.4 is 10.0 Å². The second kappa shape index (κ2) is 8.66. The molecule has 0 fully saturated rings. The summed E-state index contributed by atoms with van der Waals surface area (Å²) in [5.74, 6) is -0.171. The maximum Gasteiger partial charge on any atom is 0.263 e. The molecule has 8 nitrogen and oxygen atoms in total. The summed E-state index contributed by atoms with van der Waals surface area (Å²) in [5, 5.41) is 4.71. The fourth-order valence-corrected chi connectivity index (χ4v) is 4.90. The van der Waals surface area contributed by atoms with Crippen LogP contribution in [0.5, 0.6) is 0 Å². The number of sulfonamides is 1. The van der Waals surface area contributed by atoms with Gasteiger partial charge in [-0.05, 0) is 55.0 Å². The summed E-state index contributed by atoms with van der Waals surface area (Å²) in [6.07, 6.45) is 3.47. The van der Waals surface area contributed by atoms with Crippen molar-refractivity contribution >= 4 is 60.8 Å². The lowest BCUT2D eigenvalue weighted by molar-refractivity contribution is -0.116. The zero-order valence-electron chi connectivity index (χ0n) is 16.4. The number of benzene rings is 2. The molecule has 2 N–H and O–H groups in total. The van der Waals surface area contributed by atoms with E-state index in [2.05, 4.69) is 19.4 Å². The maximum absolute atomic E-state index is 12.4. The summed E-state index contributed by atoms with van der Waals surface area (Å²) in [4.78, 5) is 16.2. The predicted molar refractivity (Wildman–Crippen MR) is 122 cm³/mol. The van der Waals surface area contributed by atoms with E-state index in [0.29, 0.717) is 17.3 Å². The van der Waals surface area contributed by atoms with Crippen LogP contribution in [0.3, 0.4) is 0 Å². The van der Waals surface area contributed by atoms with Crippen LogP contribution in [0.4, 0.5) is 10.8 Å². The molecule has 0 atom stereocenters. The largest absolute Gasteiger partial charge is 0.347 e. The van der Waals surface area contributed by atoms with Crippen molar-refractivity contribution in [2.45, 2.75) is 24.8 Å². The third kappa shape index (κ3) is 4.87. The first kappa shape index (κ1) is 21.3. The van der Waals surface area contributed by atoms with E-state index in [4.69, 9.17) is 11.6 Å². The lowest BCUT2D eigenvalue weighted by Crippen LogP contribution is -2.15. The molecule has 160 valence electrons. The van der Waals surface area contributed by atoms with Gasteiger partial charge in [-0.3, -0.25) is 9.52 Å². The van der Waals surface area contributed by atoms with Crippen LogP contribution in [0.25, 0.3) is 10.9 Å². The quantitative estimate of drug-likeness (QED) is 0.415. The van der Waals surface area contributed by atoms with Gasteiger partial charge in [0, 0.05) is 52.3 Å². The number of nitrogens with zero attached hydrogens (tertiary/aromatic N) is 3. The van der Waals surface area contributed by atoms with Gasteiger partial charge in [0.05, 0.1) is 4.90 Å². The van der Waals surface area contributed by atoms with Gasteiger partial charge in [-0.25, -0.2) is 13.4 Å². The highest BCUT2D eigenvalue weighted by molar-refractivity contribution is 7.93. The zero-order chi connectivity index (χ0) is 22.0. The van der Waals surface area contributed by atoms with E-state index in [1.165, 1.54) is 18.5 Å². The van der Waals surface area contributed by atoms with Gasteiger partial charge < -0.3 is 9.88 Å². The van der Waals surface area contributed by atoms with Crippen molar-refractivity contribution in [3.8, 4) is 0 Å². The van der Waals surface area contributed by atoms with Gasteiger partial charge in [-0.15, -0.1) is 0 Å². The molecule has 4 aromatic rings. The molecule has 11 heteroatoms. The molecular weight excluding hydrogens is 458 g/mol. The number of nitrogens with one attached hydrogen (secondary N) is 2. The average molecular weight is 476 g/mol. The molecule has 31 heavy (non-hydrogen) atoms. The Bertz CT molecular complexity index is 1330. The van der Waals surface area contributed by atoms with E-state index in [-0.39, 0.29) is 22.4 Å². The Morgan fingerprint density at radius 2 is 1.97 bits per heavy atom. The number of halogens is 1. The number of hydrogen-bond donors (Lipinski definition) is 2. The first-order valence-electron chi connectivity index (χ1n) is 9.26. The molecule has 1 amide bonds. The minimum Gasteiger partial charge on any atom is -0.347 e. The molecule has 4 rings (SSSR count). The Hall–Kier alpha value is -2.95. The summed E-state index contributed by atoms with van der Waals surface area (Å²) in [7, 11) is -3.76. The Morgan fingerprint density at radius 3 is 2.68 bits per heavy atom. The van der Waals surface area contributed by atoms with Crippen molar-refractivity contribution < 1.29 is 13.2 Å². The van der Waals surface area contributed by atoms with Crippen molar-refractivity contribution in [3.05, 3.63) is 65.6 Å². The summed E-state index contributed by atoms with van der Waals surface area (Å²) in [5.41, 5.74) is 2.52. The van der Waals surface area contributed by atoms with E-state index >= 15 is 0 Å². The smallest absolute Gasteiger partial charge is 0.263 e. The SMILES string of the molecule is Cc1cc2c(ccn2CCC(=O)Nc2ccc(S(=O)(=O)Nc3ncns3)cc2)cc1Cl. The summed E-state index contributed by atoms with van der Waals surface area (Å²) in [6.45, 7) is 2.45. The minimum absolute atomic E-state index is 0.0635. The number of carbonyl (C=O) groups is 1. The molecule has 0 bridgehead atoms. The fraction of sp³-hybridized carbons (Fsp3) is 0.150. The highest BCUT2D eigenvalue weighted by Crippen LogP contribution is 2.25. The van der Waals surface area contributed by atoms with Gasteiger partial charge in [0.25, 0.3) is 10.0 Å². The topological polar surface area (TPSA) is 106 Å². The van der Waals surface area contributed by atoms with E-state index in [9.17, 15) is 13.2 Å². The van der Waals surface area contributed by atoms with Crippen molar-refractivity contribution in [2.24, 2.45) is 0 Å². The van der Waals surface area contributed by atoms with E-state index in [0.717, 1.165) is 28.0 Å². The molecule has 2 aromatic heterocycles. The maximum atomic E-state index is 12.4. The van der Waals surface area contributed by atoms with Crippen molar-refractivity contribution in [1.82, 2.24) is 13.9 Å². The third-order valence-electron chi connectivity index (χ3n) is 4.66. The van der Waals surface area contributed by atoms with Crippen LogP contribution in [0.1, 0.15) is 12.0 Å². The molecule has 2 aromatic carbocycles. The molecule has 0 spiro atoms. The average Bonchev–Trinajstić information content (AvgIpc) is 3.37. The van der Waals surface area contributed by atoms with Gasteiger partial charge in [0.15, 0.2) is 0 Å². The standard InChI is InChI=1S/C20H18ClN5O3S2/c1-13-10-18-14(11-17(13)21)6-8-26(18)9-7-19(27)24-15-2-4-16(5-3-15)31(28,29)25-20-22-12-23-30-20/h2-6,8,10-12H,7,9H2,1H3,(H,24,27)(H,22,23,25). The lowest BCUT2D eigenvalue weighted by atomic mass is 10.2. The van der Waals surface area contributed by atoms with E-state index in [1.807, 2.05) is 35.9 Å². The van der Waals surface area contributed by atoms with Gasteiger partial charge in [0.2, 0.25) is 11.0 Å². The molecule has 0 saturated heterocycles. The van der Waals surface area contributed by atoms with Crippen LogP contribution >= 0.6 is 23.1 Å². The van der Waals surface area contributed by atoms with Crippen molar-refractivity contribution in [3.63, 3.8) is 0 Å². The summed E-state index contributed by atoms with van der Waals surface area (Å²) in [6, 6.07) is 11.8. The van der Waals surface area contributed by atoms with Gasteiger partial charge in [-0.2, -0.15) is 4.37 Å². The lowest BCUT2D eigenvalue weighted by Gasteiger charge is -2.09. The van der Waals surface area contributed by atoms with Gasteiger partial charge >= 0.3 is 0 Å². The van der Waals surface area contributed by atoms with Crippen molar-refractivity contribution in [1.29, 1.82) is 0 Å². The molecule has 2 heterocycles. The monoisotopic (exact) mass is 475 g/mol. The van der Waals surface area contributed by atoms with Crippen LogP contribution in [-0.2, 0) is 21.4 Å². The van der Waals surface area contributed by atoms with E-state index < -0.39 is 10.0 Å². The molecule has 0 saturated carbocycles. The molecule has 0 aliphatic rings. The number of hydrogen-bond acceptors (Lipinski definition) is 6. The zero-order valence-corrected chi connectivity index (χ0v) is 18.8. The Morgan fingerprint density at radius 1 is 1.19 bits per heavy atom. The second-order valence-electron chi connectivity index (χ2n) is 6.84. The van der Waals surface area contributed by atoms with Crippen LogP contribution in [-0.4, -0.2) is 28.2 Å². The Labute approximate surface area is 188 Å². The fourth-order valence-electron chi connectivity index (χ4n) is 3.06. The van der Waals surface area contributed by atoms with Crippen molar-refractivity contribution in [2.75, 3.05) is 10.0 Å². The molecular formula is C20H18ClN5O3S2. The van der Waals surface area contributed by atoms with E-state index in [1.54, 1.807) is 12.1 Å². The Kier molecular flexibility index (Phi) is 5.94. The number of aryl methyl sites for hydroxylation is 2. The molecule has 0 aliphatic heterocycles. The first-order valence-corrected chi connectivity index (χ1v) is 11.9. The highest BCUT2D eigenvalue weighted by Gasteiger charge is 2.16. The number of amides is 1. The molecule has 0 radical (unpaired) electrons. The summed E-state index contributed by atoms with van der Waals surface area (Å²) < 4.78 is 32.8. The molecule has 0 unspecified atom stereocenters. The van der Waals surface area contributed by atoms with Gasteiger partial charge in [-0.1, -0.05) is 11.6 Å². The second-order valence-corrected chi connectivity index (χ2v) is 9.71. The predicted octanol–water partition coefficient (Wildman–Crippen LogP) is 4.28. The summed E-state index contributed by atoms with van der Waals surface area (Å²) >= 11 is 7.11. The highest BCUT2D eigenvalue weighted by atomic mass is 35.5. The van der Waals surface area contributed by atoms with Gasteiger partial charge in [0.1, 0.15) is 6.33 Å². The number of anilines is 2. The van der Waals surface area contributed by atoms with Crippen LogP contribution in [0.15, 0.2) is 59.9 Å². The number of aromatic nitrogens is 3. The number of fused-ring (bicyclic) bond motifs is 1. The number of rotatable bonds is 7. The first-order chi connectivity index (χ1) is 14.8. The van der Waals surface area contributed by atoms with Crippen LogP contribution in [0.2, 0.25) is 5.02 Å². The third-order valence-corrected chi connectivity index (χ3v) is 7.13. The number of carbonyl (C=O) groups excluding carboxylic acids is 1. The van der Waals surface area contributed by atoms with Crippen LogP contribution in [0, 0.1) is 6.92 Å². The minimum atomic E-state index is -3.76. The normalized spacial score (nSPS) is 11.5. The Balaban J connectivity index is 1.37.